The summed E-state index contributed by atoms with van der Waals surface area (Å²) in [4.78, 5) is 5.02. The minimum Gasteiger partial charge on any atom is -0.493 e. The molecule has 2 rings (SSSR count). The van der Waals surface area contributed by atoms with E-state index in [0.717, 1.165) is 10.6 Å². The molecule has 0 bridgehead atoms. The van der Waals surface area contributed by atoms with E-state index in [9.17, 15) is 5.11 Å². The Morgan fingerprint density at radius 3 is 2.73 bits per heavy atom. The maximum absolute atomic E-state index is 10.0. The van der Waals surface area contributed by atoms with Crippen LogP contribution in [0.5, 0.6) is 5.88 Å². The first-order chi connectivity index (χ1) is 10.7. The van der Waals surface area contributed by atoms with Crippen LogP contribution in [0.25, 0.3) is 6.08 Å². The third kappa shape index (κ3) is 4.38. The summed E-state index contributed by atoms with van der Waals surface area (Å²) < 4.78 is 2.28. The van der Waals surface area contributed by atoms with Crippen molar-refractivity contribution in [2.45, 2.75) is 6.54 Å². The molecule has 0 spiro atoms. The molecule has 0 amide bonds. The van der Waals surface area contributed by atoms with Gasteiger partial charge in [0, 0.05) is 12.8 Å². The van der Waals surface area contributed by atoms with E-state index in [4.69, 9.17) is 12.2 Å². The molecule has 1 aromatic carbocycles. The third-order valence-electron chi connectivity index (χ3n) is 2.74. The Morgan fingerprint density at radius 2 is 2.00 bits per heavy atom. The Morgan fingerprint density at radius 1 is 1.23 bits per heavy atom. The summed E-state index contributed by atoms with van der Waals surface area (Å²) in [7, 11) is 0. The van der Waals surface area contributed by atoms with Gasteiger partial charge in [-0.1, -0.05) is 36.4 Å². The predicted molar refractivity (Wildman–Crippen MR) is 97.8 cm³/mol. The lowest BCUT2D eigenvalue weighted by Gasteiger charge is -1.98. The summed E-state index contributed by atoms with van der Waals surface area (Å²) in [5, 5.41) is 10.0. The molecule has 0 aliphatic rings. The topological polar surface area (TPSA) is 37.5 Å². The number of aromatic nitrogens is 1. The number of aliphatic imine (C=N–C) groups is 1. The highest BCUT2D eigenvalue weighted by Crippen LogP contribution is 2.27. The number of aromatic hydroxyl groups is 1. The predicted octanol–water partition coefficient (Wildman–Crippen LogP) is 5.14. The van der Waals surface area contributed by atoms with Crippen molar-refractivity contribution in [2.75, 3.05) is 0 Å². The zero-order valence-electron chi connectivity index (χ0n) is 11.9. The van der Waals surface area contributed by atoms with Gasteiger partial charge >= 0.3 is 0 Å². The molecule has 1 heterocycles. The van der Waals surface area contributed by atoms with Gasteiger partial charge in [0.25, 0.3) is 0 Å². The number of benzene rings is 1. The van der Waals surface area contributed by atoms with Crippen LogP contribution in [0.4, 0.5) is 5.69 Å². The number of rotatable bonds is 6. The maximum atomic E-state index is 10.0. The van der Waals surface area contributed by atoms with E-state index in [1.54, 1.807) is 16.9 Å². The molecule has 22 heavy (non-hydrogen) atoms. The Kier molecular flexibility index (Phi) is 6.06. The Bertz CT molecular complexity index is 768. The molecule has 0 atom stereocenters. The summed E-state index contributed by atoms with van der Waals surface area (Å²) in [5.41, 5.74) is 0.910. The summed E-state index contributed by atoms with van der Waals surface area (Å²) in [6.07, 6.45) is 10.8. The minimum absolute atomic E-state index is 0.178. The smallest absolute Gasteiger partial charge is 0.210 e. The van der Waals surface area contributed by atoms with Crippen molar-refractivity contribution in [1.29, 1.82) is 0 Å². The van der Waals surface area contributed by atoms with Crippen LogP contribution in [-0.4, -0.2) is 15.9 Å². The number of para-hydroxylation sites is 1. The van der Waals surface area contributed by atoms with E-state index in [-0.39, 0.29) is 5.88 Å². The van der Waals surface area contributed by atoms with E-state index in [1.807, 2.05) is 54.6 Å². The molecular formula is C17H16N2OS2. The molecule has 0 radical (unpaired) electrons. The molecule has 0 aliphatic heterocycles. The summed E-state index contributed by atoms with van der Waals surface area (Å²) in [6.45, 7) is 4.16. The van der Waals surface area contributed by atoms with Gasteiger partial charge in [-0.2, -0.15) is 0 Å². The van der Waals surface area contributed by atoms with Crippen molar-refractivity contribution in [2.24, 2.45) is 4.99 Å². The largest absolute Gasteiger partial charge is 0.493 e. The van der Waals surface area contributed by atoms with Gasteiger partial charge in [0.2, 0.25) is 5.88 Å². The first-order valence-electron chi connectivity index (χ1n) is 6.68. The Balaban J connectivity index is 1.99. The molecule has 1 aromatic heterocycles. The van der Waals surface area contributed by atoms with E-state index < -0.39 is 0 Å². The van der Waals surface area contributed by atoms with Crippen molar-refractivity contribution < 1.29 is 5.11 Å². The van der Waals surface area contributed by atoms with Crippen molar-refractivity contribution in [3.8, 4) is 5.88 Å². The van der Waals surface area contributed by atoms with E-state index in [1.165, 1.54) is 11.3 Å². The fraction of sp³-hybridized carbons (Fsp3) is 0.0588. The molecule has 1 N–H and O–H groups in total. The second-order valence-corrected chi connectivity index (χ2v) is 5.99. The van der Waals surface area contributed by atoms with Crippen LogP contribution in [0.2, 0.25) is 0 Å². The molecule has 112 valence electrons. The fourth-order valence-electron chi connectivity index (χ4n) is 1.71. The quantitative estimate of drug-likeness (QED) is 0.345. The molecular weight excluding hydrogens is 312 g/mol. The van der Waals surface area contributed by atoms with Crippen LogP contribution in [-0.2, 0) is 6.54 Å². The molecule has 2 aromatic rings. The standard InChI is InChI=1S/C17H16N2OS2/c1-2-13-19-16(20)15(22-17(19)21)11-7-4-8-12-18-14-9-5-3-6-10-14/h2-12,20H,1,13H2. The summed E-state index contributed by atoms with van der Waals surface area (Å²) >= 11 is 6.57. The van der Waals surface area contributed by atoms with Crippen LogP contribution in [0.1, 0.15) is 4.88 Å². The van der Waals surface area contributed by atoms with Gasteiger partial charge in [0.15, 0.2) is 3.95 Å². The zero-order valence-corrected chi connectivity index (χ0v) is 13.6. The monoisotopic (exact) mass is 328 g/mol. The van der Waals surface area contributed by atoms with E-state index in [2.05, 4.69) is 11.6 Å². The fourth-order valence-corrected chi connectivity index (χ4v) is 2.95. The first-order valence-corrected chi connectivity index (χ1v) is 7.91. The maximum Gasteiger partial charge on any atom is 0.210 e. The zero-order chi connectivity index (χ0) is 15.8. The average molecular weight is 328 g/mol. The van der Waals surface area contributed by atoms with Crippen LogP contribution in [0.3, 0.4) is 0 Å². The van der Waals surface area contributed by atoms with Gasteiger partial charge in [-0.05, 0) is 36.5 Å². The second-order valence-electron chi connectivity index (χ2n) is 4.31. The molecule has 0 saturated heterocycles. The highest BCUT2D eigenvalue weighted by atomic mass is 32.1. The third-order valence-corrected chi connectivity index (χ3v) is 4.15. The highest BCUT2D eigenvalue weighted by Gasteiger charge is 2.07. The van der Waals surface area contributed by atoms with Gasteiger partial charge in [-0.15, -0.1) is 17.9 Å². The number of thiazole rings is 1. The lowest BCUT2D eigenvalue weighted by atomic mass is 10.3. The van der Waals surface area contributed by atoms with Crippen LogP contribution >= 0.6 is 23.6 Å². The van der Waals surface area contributed by atoms with Crippen LogP contribution < -0.4 is 0 Å². The van der Waals surface area contributed by atoms with Crippen molar-refractivity contribution >= 4 is 41.5 Å². The summed E-state index contributed by atoms with van der Waals surface area (Å²) in [6, 6.07) is 9.72. The lowest BCUT2D eigenvalue weighted by molar-refractivity contribution is 0.424. The summed E-state index contributed by atoms with van der Waals surface area (Å²) in [5.74, 6) is 0.178. The molecule has 3 nitrogen and oxygen atoms in total. The van der Waals surface area contributed by atoms with Gasteiger partial charge in [0.05, 0.1) is 10.6 Å². The van der Waals surface area contributed by atoms with E-state index in [0.29, 0.717) is 10.5 Å². The second kappa shape index (κ2) is 8.26. The highest BCUT2D eigenvalue weighted by molar-refractivity contribution is 7.73. The van der Waals surface area contributed by atoms with Gasteiger partial charge < -0.3 is 5.11 Å². The molecule has 0 unspecified atom stereocenters. The van der Waals surface area contributed by atoms with Crippen molar-refractivity contribution in [3.63, 3.8) is 0 Å². The van der Waals surface area contributed by atoms with Crippen LogP contribution in [0.15, 0.2) is 66.2 Å². The molecule has 0 aliphatic carbocycles. The molecule has 0 fully saturated rings. The van der Waals surface area contributed by atoms with Crippen molar-refractivity contribution in [1.82, 2.24) is 4.57 Å². The first kappa shape index (κ1) is 16.1. The van der Waals surface area contributed by atoms with Gasteiger partial charge in [-0.25, -0.2) is 0 Å². The average Bonchev–Trinajstić information content (AvgIpc) is 2.80. The number of nitrogens with zero attached hydrogens (tertiary/aromatic N) is 2. The van der Waals surface area contributed by atoms with Crippen LogP contribution in [0, 0.1) is 3.95 Å². The Labute approximate surface area is 138 Å². The molecule has 5 heteroatoms. The molecule has 0 saturated carbocycles. The minimum atomic E-state index is 0.178. The number of hydrogen-bond acceptors (Lipinski definition) is 4. The number of hydrogen-bond donors (Lipinski definition) is 1. The van der Waals surface area contributed by atoms with Crippen molar-refractivity contribution in [3.05, 3.63) is 70.0 Å². The number of allylic oxidation sites excluding steroid dienone is 4. The SMILES string of the molecule is C=CCn1c(O)c(C=CC=CC=Nc2ccccc2)sc1=S. The normalized spacial score (nSPS) is 11.8. The van der Waals surface area contributed by atoms with E-state index >= 15 is 0 Å². The van der Waals surface area contributed by atoms with Gasteiger partial charge in [-0.3, -0.25) is 9.56 Å². The van der Waals surface area contributed by atoms with Gasteiger partial charge in [0.1, 0.15) is 0 Å². The lowest BCUT2D eigenvalue weighted by Crippen LogP contribution is -1.92. The Hall–Kier alpha value is -2.24.